The average Bonchev–Trinajstić information content (AvgIpc) is 2.76. The number of hydrogen-bond donors (Lipinski definition) is 0. The lowest BCUT2D eigenvalue weighted by Crippen LogP contribution is -2.42. The SMILES string of the molecule is Cn1c(N2CCCC(C(=O)c3ccccc3Cl)C2)nc(-c2ccncn2)cc1=O. The number of rotatable bonds is 4. The predicted molar refractivity (Wildman–Crippen MR) is 111 cm³/mol. The van der Waals surface area contributed by atoms with Crippen molar-refractivity contribution >= 4 is 23.3 Å². The quantitative estimate of drug-likeness (QED) is 0.616. The third-order valence-electron chi connectivity index (χ3n) is 5.17. The highest BCUT2D eigenvalue weighted by molar-refractivity contribution is 6.34. The summed E-state index contributed by atoms with van der Waals surface area (Å²) in [6.07, 6.45) is 4.64. The van der Waals surface area contributed by atoms with Crippen molar-refractivity contribution < 1.29 is 4.79 Å². The van der Waals surface area contributed by atoms with E-state index >= 15 is 0 Å². The number of Topliss-reactive ketones (excluding diaryl/α,β-unsaturated/α-hetero) is 1. The van der Waals surface area contributed by atoms with Crippen molar-refractivity contribution in [3.05, 3.63) is 69.9 Å². The van der Waals surface area contributed by atoms with E-state index in [0.717, 1.165) is 19.4 Å². The molecule has 1 fully saturated rings. The summed E-state index contributed by atoms with van der Waals surface area (Å²) in [5, 5.41) is 0.464. The van der Waals surface area contributed by atoms with Crippen LogP contribution in [0, 0.1) is 5.92 Å². The second-order valence-electron chi connectivity index (χ2n) is 7.06. The van der Waals surface area contributed by atoms with Crippen LogP contribution in [0.15, 0.2) is 53.7 Å². The Balaban J connectivity index is 1.65. The van der Waals surface area contributed by atoms with Crippen molar-refractivity contribution in [1.29, 1.82) is 0 Å². The molecule has 1 atom stereocenters. The number of ketones is 1. The summed E-state index contributed by atoms with van der Waals surface area (Å²) in [5.74, 6) is 0.350. The third-order valence-corrected chi connectivity index (χ3v) is 5.50. The number of aromatic nitrogens is 4. The first kappa shape index (κ1) is 19.3. The molecule has 8 heteroatoms. The van der Waals surface area contributed by atoms with Crippen LogP contribution in [-0.2, 0) is 7.05 Å². The molecule has 2 aromatic heterocycles. The van der Waals surface area contributed by atoms with Crippen LogP contribution in [0.1, 0.15) is 23.2 Å². The van der Waals surface area contributed by atoms with Gasteiger partial charge in [-0.25, -0.2) is 15.0 Å². The fourth-order valence-corrected chi connectivity index (χ4v) is 3.87. The maximum atomic E-state index is 13.0. The van der Waals surface area contributed by atoms with E-state index in [2.05, 4.69) is 15.0 Å². The van der Waals surface area contributed by atoms with Crippen LogP contribution >= 0.6 is 11.6 Å². The molecule has 0 amide bonds. The van der Waals surface area contributed by atoms with Crippen molar-refractivity contribution in [2.75, 3.05) is 18.0 Å². The van der Waals surface area contributed by atoms with Crippen molar-refractivity contribution in [2.24, 2.45) is 13.0 Å². The van der Waals surface area contributed by atoms with E-state index in [1.165, 1.54) is 17.0 Å². The minimum atomic E-state index is -0.205. The molecule has 1 aliphatic heterocycles. The Labute approximate surface area is 173 Å². The Hall–Kier alpha value is -3.06. The van der Waals surface area contributed by atoms with Crippen LogP contribution < -0.4 is 10.5 Å². The average molecular weight is 410 g/mol. The summed E-state index contributed by atoms with van der Waals surface area (Å²) >= 11 is 6.22. The van der Waals surface area contributed by atoms with Crippen LogP contribution in [0.5, 0.6) is 0 Å². The second kappa shape index (κ2) is 8.13. The monoisotopic (exact) mass is 409 g/mol. The lowest BCUT2D eigenvalue weighted by Gasteiger charge is -2.33. The molecule has 0 bridgehead atoms. The predicted octanol–water partition coefficient (Wildman–Crippen LogP) is 2.99. The highest BCUT2D eigenvalue weighted by Gasteiger charge is 2.29. The second-order valence-corrected chi connectivity index (χ2v) is 7.47. The summed E-state index contributed by atoms with van der Waals surface area (Å²) in [6, 6.07) is 10.3. The molecule has 0 aliphatic carbocycles. The summed E-state index contributed by atoms with van der Waals surface area (Å²) in [7, 11) is 1.69. The van der Waals surface area contributed by atoms with E-state index in [-0.39, 0.29) is 17.3 Å². The van der Waals surface area contributed by atoms with Crippen LogP contribution in [0.25, 0.3) is 11.4 Å². The Morgan fingerprint density at radius 3 is 2.79 bits per heavy atom. The first-order chi connectivity index (χ1) is 14.0. The van der Waals surface area contributed by atoms with Gasteiger partial charge in [-0.15, -0.1) is 0 Å². The number of benzene rings is 1. The number of hydrogen-bond acceptors (Lipinski definition) is 6. The van der Waals surface area contributed by atoms with E-state index in [1.807, 2.05) is 17.0 Å². The normalized spacial score (nSPS) is 16.6. The Morgan fingerprint density at radius 2 is 2.03 bits per heavy atom. The van der Waals surface area contributed by atoms with Gasteiger partial charge in [0, 0.05) is 43.9 Å². The van der Waals surface area contributed by atoms with Gasteiger partial charge >= 0.3 is 0 Å². The molecule has 1 saturated heterocycles. The number of carbonyl (C=O) groups is 1. The zero-order chi connectivity index (χ0) is 20.4. The number of carbonyl (C=O) groups excluding carboxylic acids is 1. The van der Waals surface area contributed by atoms with Gasteiger partial charge in [0.25, 0.3) is 5.56 Å². The lowest BCUT2D eigenvalue weighted by molar-refractivity contribution is 0.0907. The van der Waals surface area contributed by atoms with Crippen LogP contribution in [0.2, 0.25) is 5.02 Å². The molecule has 29 heavy (non-hydrogen) atoms. The van der Waals surface area contributed by atoms with Crippen molar-refractivity contribution in [2.45, 2.75) is 12.8 Å². The first-order valence-corrected chi connectivity index (χ1v) is 9.80. The van der Waals surface area contributed by atoms with E-state index in [4.69, 9.17) is 11.6 Å². The van der Waals surface area contributed by atoms with E-state index < -0.39 is 0 Å². The molecule has 0 saturated carbocycles. The Kier molecular flexibility index (Phi) is 5.40. The van der Waals surface area contributed by atoms with Gasteiger partial charge in [0.15, 0.2) is 5.78 Å². The summed E-state index contributed by atoms with van der Waals surface area (Å²) in [6.45, 7) is 1.21. The van der Waals surface area contributed by atoms with Gasteiger partial charge in [-0.1, -0.05) is 23.7 Å². The molecule has 1 unspecified atom stereocenters. The number of nitrogens with zero attached hydrogens (tertiary/aromatic N) is 5. The number of anilines is 1. The zero-order valence-corrected chi connectivity index (χ0v) is 16.7. The van der Waals surface area contributed by atoms with Crippen LogP contribution in [0.4, 0.5) is 5.95 Å². The lowest BCUT2D eigenvalue weighted by atomic mass is 9.90. The minimum Gasteiger partial charge on any atom is -0.341 e. The molecule has 1 aromatic carbocycles. The molecule has 0 N–H and O–H groups in total. The summed E-state index contributed by atoms with van der Waals surface area (Å²) in [4.78, 5) is 40.3. The maximum Gasteiger partial charge on any atom is 0.255 e. The van der Waals surface area contributed by atoms with E-state index in [9.17, 15) is 9.59 Å². The van der Waals surface area contributed by atoms with E-state index in [0.29, 0.717) is 34.5 Å². The highest BCUT2D eigenvalue weighted by Crippen LogP contribution is 2.27. The van der Waals surface area contributed by atoms with Crippen LogP contribution in [0.3, 0.4) is 0 Å². The largest absolute Gasteiger partial charge is 0.341 e. The minimum absolute atomic E-state index is 0.0252. The van der Waals surface area contributed by atoms with Crippen LogP contribution in [-0.4, -0.2) is 38.4 Å². The van der Waals surface area contributed by atoms with Crippen molar-refractivity contribution in [3.8, 4) is 11.4 Å². The van der Waals surface area contributed by atoms with Crippen molar-refractivity contribution in [1.82, 2.24) is 19.5 Å². The van der Waals surface area contributed by atoms with Gasteiger partial charge in [-0.3, -0.25) is 14.2 Å². The fourth-order valence-electron chi connectivity index (χ4n) is 3.64. The smallest absolute Gasteiger partial charge is 0.255 e. The van der Waals surface area contributed by atoms with Gasteiger partial charge < -0.3 is 4.90 Å². The molecule has 3 aromatic rings. The zero-order valence-electron chi connectivity index (χ0n) is 16.0. The number of halogens is 1. The molecule has 0 radical (unpaired) electrons. The molecule has 7 nitrogen and oxygen atoms in total. The van der Waals surface area contributed by atoms with Gasteiger partial charge in [-0.05, 0) is 31.0 Å². The van der Waals surface area contributed by atoms with Gasteiger partial charge in [0.05, 0.1) is 16.4 Å². The Bertz CT molecular complexity index is 1100. The molecule has 4 rings (SSSR count). The molecule has 3 heterocycles. The first-order valence-electron chi connectivity index (χ1n) is 9.43. The Morgan fingerprint density at radius 1 is 1.21 bits per heavy atom. The highest BCUT2D eigenvalue weighted by atomic mass is 35.5. The molecule has 148 valence electrons. The molecular weight excluding hydrogens is 390 g/mol. The molecule has 1 aliphatic rings. The summed E-state index contributed by atoms with van der Waals surface area (Å²) < 4.78 is 1.51. The van der Waals surface area contributed by atoms with Gasteiger partial charge in [0.1, 0.15) is 6.33 Å². The van der Waals surface area contributed by atoms with Gasteiger partial charge in [0.2, 0.25) is 5.95 Å². The third kappa shape index (κ3) is 3.91. The standard InChI is InChI=1S/C21H20ClN5O2/c1-26-19(28)11-18(17-8-9-23-13-24-17)25-21(26)27-10-4-5-14(12-27)20(29)15-6-2-3-7-16(15)22/h2-3,6-9,11,13-14H,4-5,10,12H2,1H3. The van der Waals surface area contributed by atoms with Crippen molar-refractivity contribution in [3.63, 3.8) is 0 Å². The summed E-state index contributed by atoms with van der Waals surface area (Å²) in [5.41, 5.74) is 1.44. The molecular formula is C21H20ClN5O2. The molecule has 0 spiro atoms. The topological polar surface area (TPSA) is 81.0 Å². The number of piperidine rings is 1. The van der Waals surface area contributed by atoms with Gasteiger partial charge in [-0.2, -0.15) is 0 Å². The maximum absolute atomic E-state index is 13.0. The van der Waals surface area contributed by atoms with E-state index in [1.54, 1.807) is 31.4 Å². The fraction of sp³-hybridized carbons (Fsp3) is 0.286.